The molecule has 0 aromatic heterocycles. The van der Waals surface area contributed by atoms with Gasteiger partial charge in [-0.05, 0) is 24.3 Å². The standard InChI is InChI=1S/C14H8Cl3F2NO2/c15-7-3-9(16)14(10(17)4-7)20-13(21)6-22-8-1-2-11(18)12(19)5-8/h1-5H,6H2,(H,20,21). The van der Waals surface area contributed by atoms with E-state index in [9.17, 15) is 13.6 Å². The first kappa shape index (κ1) is 16.8. The molecule has 0 radical (unpaired) electrons. The zero-order chi connectivity index (χ0) is 16.3. The molecule has 0 spiro atoms. The normalized spacial score (nSPS) is 10.4. The first-order valence-electron chi connectivity index (χ1n) is 5.89. The first-order valence-corrected chi connectivity index (χ1v) is 7.02. The Kier molecular flexibility index (Phi) is 5.45. The molecule has 0 bridgehead atoms. The van der Waals surface area contributed by atoms with Crippen molar-refractivity contribution in [3.05, 3.63) is 57.0 Å². The number of halogens is 5. The van der Waals surface area contributed by atoms with E-state index in [2.05, 4.69) is 5.32 Å². The summed E-state index contributed by atoms with van der Waals surface area (Å²) < 4.78 is 30.8. The Morgan fingerprint density at radius 3 is 2.27 bits per heavy atom. The highest BCUT2D eigenvalue weighted by atomic mass is 35.5. The van der Waals surface area contributed by atoms with Crippen molar-refractivity contribution >= 4 is 46.4 Å². The van der Waals surface area contributed by atoms with E-state index in [1.165, 1.54) is 18.2 Å². The minimum absolute atomic E-state index is 0.0161. The molecular weight excluding hydrogens is 359 g/mol. The van der Waals surface area contributed by atoms with E-state index in [0.717, 1.165) is 12.1 Å². The number of anilines is 1. The largest absolute Gasteiger partial charge is 0.484 e. The number of nitrogens with one attached hydrogen (secondary N) is 1. The Morgan fingerprint density at radius 1 is 1.05 bits per heavy atom. The number of rotatable bonds is 4. The highest BCUT2D eigenvalue weighted by Gasteiger charge is 2.12. The molecule has 0 saturated heterocycles. The minimum Gasteiger partial charge on any atom is -0.484 e. The van der Waals surface area contributed by atoms with Crippen LogP contribution < -0.4 is 10.1 Å². The smallest absolute Gasteiger partial charge is 0.262 e. The first-order chi connectivity index (χ1) is 10.4. The van der Waals surface area contributed by atoms with Crippen LogP contribution >= 0.6 is 34.8 Å². The molecule has 2 aromatic carbocycles. The summed E-state index contributed by atoms with van der Waals surface area (Å²) in [4.78, 5) is 11.8. The third-order valence-electron chi connectivity index (χ3n) is 2.53. The van der Waals surface area contributed by atoms with Crippen LogP contribution in [0, 0.1) is 11.6 Å². The lowest BCUT2D eigenvalue weighted by molar-refractivity contribution is -0.118. The second-order valence-corrected chi connectivity index (χ2v) is 5.41. The van der Waals surface area contributed by atoms with Gasteiger partial charge >= 0.3 is 0 Å². The number of benzene rings is 2. The monoisotopic (exact) mass is 365 g/mol. The van der Waals surface area contributed by atoms with Crippen molar-refractivity contribution in [2.75, 3.05) is 11.9 Å². The summed E-state index contributed by atoms with van der Waals surface area (Å²) in [7, 11) is 0. The third-order valence-corrected chi connectivity index (χ3v) is 3.35. The molecule has 22 heavy (non-hydrogen) atoms. The Balaban J connectivity index is 2.00. The fraction of sp³-hybridized carbons (Fsp3) is 0.0714. The van der Waals surface area contributed by atoms with E-state index in [4.69, 9.17) is 39.5 Å². The number of ether oxygens (including phenoxy) is 1. The summed E-state index contributed by atoms with van der Waals surface area (Å²) in [6, 6.07) is 5.77. The second kappa shape index (κ2) is 7.13. The molecule has 0 unspecified atom stereocenters. The van der Waals surface area contributed by atoms with Crippen molar-refractivity contribution in [3.63, 3.8) is 0 Å². The lowest BCUT2D eigenvalue weighted by Gasteiger charge is -2.11. The van der Waals surface area contributed by atoms with Crippen molar-refractivity contribution in [2.45, 2.75) is 0 Å². The van der Waals surface area contributed by atoms with E-state index in [0.29, 0.717) is 5.02 Å². The molecule has 3 nitrogen and oxygen atoms in total. The van der Waals surface area contributed by atoms with Gasteiger partial charge in [-0.15, -0.1) is 0 Å². The topological polar surface area (TPSA) is 38.3 Å². The quantitative estimate of drug-likeness (QED) is 0.832. The molecule has 2 rings (SSSR count). The molecule has 0 saturated carbocycles. The van der Waals surface area contributed by atoms with E-state index < -0.39 is 24.1 Å². The Bertz CT molecular complexity index is 702. The Morgan fingerprint density at radius 2 is 1.68 bits per heavy atom. The minimum atomic E-state index is -1.07. The zero-order valence-corrected chi connectivity index (χ0v) is 13.1. The van der Waals surface area contributed by atoms with Crippen LogP contribution in [0.2, 0.25) is 15.1 Å². The van der Waals surface area contributed by atoms with Gasteiger partial charge in [-0.3, -0.25) is 4.79 Å². The van der Waals surface area contributed by atoms with Crippen LogP contribution in [0.4, 0.5) is 14.5 Å². The van der Waals surface area contributed by atoms with Crippen LogP contribution in [0.5, 0.6) is 5.75 Å². The molecular formula is C14H8Cl3F2NO2. The van der Waals surface area contributed by atoms with Crippen molar-refractivity contribution in [2.24, 2.45) is 0 Å². The number of carbonyl (C=O) groups excluding carboxylic acids is 1. The van der Waals surface area contributed by atoms with Gasteiger partial charge in [0.1, 0.15) is 5.75 Å². The van der Waals surface area contributed by atoms with E-state index in [-0.39, 0.29) is 21.5 Å². The van der Waals surface area contributed by atoms with Crippen LogP contribution in [0.25, 0.3) is 0 Å². The second-order valence-electron chi connectivity index (χ2n) is 4.16. The van der Waals surface area contributed by atoms with Gasteiger partial charge in [0.15, 0.2) is 18.2 Å². The van der Waals surface area contributed by atoms with E-state index in [1.54, 1.807) is 0 Å². The van der Waals surface area contributed by atoms with Gasteiger partial charge in [-0.25, -0.2) is 8.78 Å². The molecule has 0 aliphatic carbocycles. The van der Waals surface area contributed by atoms with Gasteiger partial charge in [-0.1, -0.05) is 34.8 Å². The number of hydrogen-bond donors (Lipinski definition) is 1. The zero-order valence-electron chi connectivity index (χ0n) is 10.8. The number of amides is 1. The number of carbonyl (C=O) groups is 1. The predicted molar refractivity (Wildman–Crippen MR) is 82.0 cm³/mol. The van der Waals surface area contributed by atoms with E-state index in [1.807, 2.05) is 0 Å². The van der Waals surface area contributed by atoms with Gasteiger partial charge in [0, 0.05) is 11.1 Å². The maximum absolute atomic E-state index is 13.0. The Hall–Kier alpha value is -1.56. The van der Waals surface area contributed by atoms with Crippen LogP contribution in [-0.2, 0) is 4.79 Å². The molecule has 116 valence electrons. The maximum Gasteiger partial charge on any atom is 0.262 e. The summed E-state index contributed by atoms with van der Waals surface area (Å²) in [6.07, 6.45) is 0. The van der Waals surface area contributed by atoms with Gasteiger partial charge in [0.05, 0.1) is 15.7 Å². The van der Waals surface area contributed by atoms with Gasteiger partial charge < -0.3 is 10.1 Å². The summed E-state index contributed by atoms with van der Waals surface area (Å²) >= 11 is 17.6. The maximum atomic E-state index is 13.0. The van der Waals surface area contributed by atoms with Gasteiger partial charge in [-0.2, -0.15) is 0 Å². The van der Waals surface area contributed by atoms with Crippen LogP contribution in [-0.4, -0.2) is 12.5 Å². The van der Waals surface area contributed by atoms with Crippen LogP contribution in [0.3, 0.4) is 0 Å². The van der Waals surface area contributed by atoms with Crippen molar-refractivity contribution in [1.82, 2.24) is 0 Å². The van der Waals surface area contributed by atoms with Crippen LogP contribution in [0.1, 0.15) is 0 Å². The summed E-state index contributed by atoms with van der Waals surface area (Å²) in [5, 5.41) is 3.10. The molecule has 0 fully saturated rings. The lowest BCUT2D eigenvalue weighted by Crippen LogP contribution is -2.20. The fourth-order valence-electron chi connectivity index (χ4n) is 1.55. The molecule has 2 aromatic rings. The third kappa shape index (κ3) is 4.22. The highest BCUT2D eigenvalue weighted by Crippen LogP contribution is 2.33. The average Bonchev–Trinajstić information content (AvgIpc) is 2.44. The molecule has 1 N–H and O–H groups in total. The van der Waals surface area contributed by atoms with Crippen molar-refractivity contribution in [3.8, 4) is 5.75 Å². The van der Waals surface area contributed by atoms with Gasteiger partial charge in [0.2, 0.25) is 0 Å². The lowest BCUT2D eigenvalue weighted by atomic mass is 10.3. The van der Waals surface area contributed by atoms with Crippen molar-refractivity contribution in [1.29, 1.82) is 0 Å². The van der Waals surface area contributed by atoms with Crippen LogP contribution in [0.15, 0.2) is 30.3 Å². The molecule has 0 aliphatic rings. The molecule has 0 heterocycles. The predicted octanol–water partition coefficient (Wildman–Crippen LogP) is 4.94. The fourth-order valence-corrected chi connectivity index (χ4v) is 2.46. The molecule has 0 aliphatic heterocycles. The SMILES string of the molecule is O=C(COc1ccc(F)c(F)c1)Nc1c(Cl)cc(Cl)cc1Cl. The molecule has 0 atom stereocenters. The van der Waals surface area contributed by atoms with Crippen molar-refractivity contribution < 1.29 is 18.3 Å². The van der Waals surface area contributed by atoms with E-state index >= 15 is 0 Å². The highest BCUT2D eigenvalue weighted by molar-refractivity contribution is 6.42. The van der Waals surface area contributed by atoms with Gasteiger partial charge in [0.25, 0.3) is 5.91 Å². The average molecular weight is 367 g/mol. The Labute approximate surface area is 139 Å². The summed E-state index contributed by atoms with van der Waals surface area (Å²) in [5.74, 6) is -2.63. The number of hydrogen-bond acceptors (Lipinski definition) is 2. The summed E-state index contributed by atoms with van der Waals surface area (Å²) in [6.45, 7) is -0.430. The summed E-state index contributed by atoms with van der Waals surface area (Å²) in [5.41, 5.74) is 0.187. The molecule has 8 heteroatoms. The molecule has 1 amide bonds.